The Bertz CT molecular complexity index is 1320. The fourth-order valence-electron chi connectivity index (χ4n) is 4.19. The maximum absolute atomic E-state index is 12.8. The molecule has 1 fully saturated rings. The summed E-state index contributed by atoms with van der Waals surface area (Å²) in [6.07, 6.45) is 1.26. The van der Waals surface area contributed by atoms with Crippen LogP contribution in [0.5, 0.6) is 0 Å². The van der Waals surface area contributed by atoms with Crippen molar-refractivity contribution in [2.45, 2.75) is 24.7 Å². The van der Waals surface area contributed by atoms with Gasteiger partial charge in [0, 0.05) is 35.5 Å². The van der Waals surface area contributed by atoms with Crippen molar-refractivity contribution in [2.75, 3.05) is 18.4 Å². The fraction of sp³-hybridized carbons (Fsp3) is 0.261. The Labute approximate surface area is 190 Å². The lowest BCUT2D eigenvalue weighted by Gasteiger charge is -2.32. The second-order valence-electron chi connectivity index (χ2n) is 7.99. The van der Waals surface area contributed by atoms with Gasteiger partial charge in [0.25, 0.3) is 10.0 Å². The van der Waals surface area contributed by atoms with Crippen LogP contribution in [-0.4, -0.2) is 43.1 Å². The zero-order valence-electron chi connectivity index (χ0n) is 17.5. The minimum atomic E-state index is -3.64. The van der Waals surface area contributed by atoms with E-state index in [0.717, 1.165) is 16.8 Å². The number of thiazole rings is 1. The number of amidine groups is 1. The maximum atomic E-state index is 12.8. The summed E-state index contributed by atoms with van der Waals surface area (Å²) < 4.78 is 28.6. The topological polar surface area (TPSA) is 91.7 Å². The average molecular weight is 467 g/mol. The van der Waals surface area contributed by atoms with Crippen LogP contribution in [-0.2, 0) is 14.8 Å². The molecule has 9 heteroatoms. The second kappa shape index (κ2) is 8.14. The molecule has 1 N–H and O–H groups in total. The number of anilines is 1. The molecule has 0 radical (unpaired) electrons. The van der Waals surface area contributed by atoms with Crippen LogP contribution in [0.3, 0.4) is 0 Å². The predicted octanol–water partition coefficient (Wildman–Crippen LogP) is 3.92. The van der Waals surface area contributed by atoms with Gasteiger partial charge in [0.15, 0.2) is 11.0 Å². The third-order valence-corrected chi connectivity index (χ3v) is 8.02. The number of nitrogens with one attached hydrogen (secondary N) is 1. The highest BCUT2D eigenvalue weighted by atomic mass is 32.2. The summed E-state index contributed by atoms with van der Waals surface area (Å²) in [6, 6.07) is 14.9. The van der Waals surface area contributed by atoms with Crippen LogP contribution >= 0.6 is 11.3 Å². The predicted molar refractivity (Wildman–Crippen MR) is 125 cm³/mol. The smallest absolute Gasteiger partial charge is 0.285 e. The highest BCUT2D eigenvalue weighted by molar-refractivity contribution is 7.90. The van der Waals surface area contributed by atoms with E-state index in [1.54, 1.807) is 18.2 Å². The maximum Gasteiger partial charge on any atom is 0.285 e. The monoisotopic (exact) mass is 466 g/mol. The third kappa shape index (κ3) is 3.82. The highest BCUT2D eigenvalue weighted by Crippen LogP contribution is 2.31. The van der Waals surface area contributed by atoms with E-state index in [4.69, 9.17) is 0 Å². The van der Waals surface area contributed by atoms with Crippen molar-refractivity contribution in [2.24, 2.45) is 10.3 Å². The first-order chi connectivity index (χ1) is 15.4. The molecule has 0 spiro atoms. The van der Waals surface area contributed by atoms with Gasteiger partial charge in [-0.05, 0) is 37.5 Å². The van der Waals surface area contributed by atoms with Gasteiger partial charge in [-0.25, -0.2) is 4.98 Å². The Morgan fingerprint density at radius 2 is 1.75 bits per heavy atom. The number of sulfonamides is 1. The summed E-state index contributed by atoms with van der Waals surface area (Å²) in [5.74, 6) is 0.296. The standard InChI is InChI=1S/C23H22N4O3S2/c1-15-6-2-3-7-17(15)19-14-31-23(24-19)25-22(28)16-10-12-27(13-11-16)21-18-8-4-5-9-20(18)32(29,30)26-21/h2-9,14,16H,10-13H2,1H3,(H,24,25,28). The number of carbonyl (C=O) groups excluding carboxylic acids is 1. The van der Waals surface area contributed by atoms with Crippen LogP contribution in [0.25, 0.3) is 11.3 Å². The van der Waals surface area contributed by atoms with Gasteiger partial charge in [0.05, 0.1) is 5.69 Å². The van der Waals surface area contributed by atoms with Crippen molar-refractivity contribution in [3.63, 3.8) is 0 Å². The molecule has 0 aliphatic carbocycles. The van der Waals surface area contributed by atoms with Crippen molar-refractivity contribution in [1.29, 1.82) is 0 Å². The van der Waals surface area contributed by atoms with Crippen LogP contribution in [0.1, 0.15) is 24.0 Å². The van der Waals surface area contributed by atoms with Crippen LogP contribution in [0.15, 0.2) is 63.2 Å². The number of aromatic nitrogens is 1. The zero-order chi connectivity index (χ0) is 22.3. The van der Waals surface area contributed by atoms with E-state index in [0.29, 0.717) is 42.5 Å². The van der Waals surface area contributed by atoms with Crippen molar-refractivity contribution >= 4 is 38.2 Å². The number of hydrogen-bond acceptors (Lipinski definition) is 6. The Balaban J connectivity index is 1.23. The van der Waals surface area contributed by atoms with Crippen LogP contribution in [0, 0.1) is 12.8 Å². The molecule has 0 atom stereocenters. The van der Waals surface area contributed by atoms with Gasteiger partial charge in [-0.2, -0.15) is 8.42 Å². The van der Waals surface area contributed by atoms with E-state index in [1.807, 2.05) is 47.5 Å². The normalized spacial score (nSPS) is 17.7. The molecule has 3 heterocycles. The summed E-state index contributed by atoms with van der Waals surface area (Å²) in [5.41, 5.74) is 3.70. The van der Waals surface area contributed by atoms with Crippen molar-refractivity contribution in [3.05, 3.63) is 65.0 Å². The van der Waals surface area contributed by atoms with Crippen LogP contribution in [0.4, 0.5) is 5.13 Å². The van der Waals surface area contributed by atoms with Gasteiger partial charge in [0.2, 0.25) is 5.91 Å². The molecular weight excluding hydrogens is 444 g/mol. The quantitative estimate of drug-likeness (QED) is 0.632. The Morgan fingerprint density at radius 3 is 2.50 bits per heavy atom. The van der Waals surface area contributed by atoms with Gasteiger partial charge >= 0.3 is 0 Å². The number of carbonyl (C=O) groups is 1. The summed E-state index contributed by atoms with van der Waals surface area (Å²) in [7, 11) is -3.64. The SMILES string of the molecule is Cc1ccccc1-c1csc(NC(=O)C2CCN(C3=NS(=O)(=O)c4ccccc43)CC2)n1. The number of hydrogen-bond donors (Lipinski definition) is 1. The van der Waals surface area contributed by atoms with Gasteiger partial charge in [0.1, 0.15) is 4.90 Å². The van der Waals surface area contributed by atoms with E-state index in [9.17, 15) is 13.2 Å². The number of aryl methyl sites for hydroxylation is 1. The van der Waals surface area contributed by atoms with Gasteiger partial charge in [-0.1, -0.05) is 36.4 Å². The molecule has 7 nitrogen and oxygen atoms in total. The lowest BCUT2D eigenvalue weighted by atomic mass is 9.95. The zero-order valence-corrected chi connectivity index (χ0v) is 19.1. The first-order valence-electron chi connectivity index (χ1n) is 10.4. The van der Waals surface area contributed by atoms with Crippen molar-refractivity contribution < 1.29 is 13.2 Å². The third-order valence-electron chi connectivity index (χ3n) is 5.93. The summed E-state index contributed by atoms with van der Waals surface area (Å²) in [4.78, 5) is 19.6. The fourth-order valence-corrected chi connectivity index (χ4v) is 6.13. The average Bonchev–Trinajstić information content (AvgIpc) is 3.36. The van der Waals surface area contributed by atoms with Crippen LogP contribution in [0.2, 0.25) is 0 Å². The molecular formula is C23H22N4O3S2. The largest absolute Gasteiger partial charge is 0.355 e. The van der Waals surface area contributed by atoms with Gasteiger partial charge < -0.3 is 10.2 Å². The van der Waals surface area contributed by atoms with Gasteiger partial charge in [-0.3, -0.25) is 4.79 Å². The van der Waals surface area contributed by atoms with E-state index in [2.05, 4.69) is 14.7 Å². The second-order valence-corrected chi connectivity index (χ2v) is 10.4. The molecule has 1 saturated heterocycles. The number of piperidine rings is 1. The molecule has 1 aromatic heterocycles. The Kier molecular flexibility index (Phi) is 5.30. The molecule has 0 saturated carbocycles. The molecule has 2 aromatic carbocycles. The number of benzene rings is 2. The summed E-state index contributed by atoms with van der Waals surface area (Å²) >= 11 is 1.42. The summed E-state index contributed by atoms with van der Waals surface area (Å²) in [6.45, 7) is 3.19. The molecule has 2 aliphatic heterocycles. The minimum absolute atomic E-state index is 0.0447. The molecule has 5 rings (SSSR count). The Hall–Kier alpha value is -3.04. The number of likely N-dealkylation sites (tertiary alicyclic amines) is 1. The molecule has 0 bridgehead atoms. The Morgan fingerprint density at radius 1 is 1.06 bits per heavy atom. The number of amides is 1. The first-order valence-corrected chi connectivity index (χ1v) is 12.8. The lowest BCUT2D eigenvalue weighted by molar-refractivity contribution is -0.120. The molecule has 1 amide bonds. The lowest BCUT2D eigenvalue weighted by Crippen LogP contribution is -2.41. The van der Waals surface area contributed by atoms with Crippen LogP contribution < -0.4 is 5.32 Å². The summed E-state index contributed by atoms with van der Waals surface area (Å²) in [5, 5.41) is 5.51. The molecule has 0 unspecified atom stereocenters. The highest BCUT2D eigenvalue weighted by Gasteiger charge is 2.34. The van der Waals surface area contributed by atoms with E-state index in [-0.39, 0.29) is 16.7 Å². The van der Waals surface area contributed by atoms with Crippen molar-refractivity contribution in [3.8, 4) is 11.3 Å². The number of rotatable bonds is 3. The van der Waals surface area contributed by atoms with Gasteiger partial charge in [-0.15, -0.1) is 15.7 Å². The minimum Gasteiger partial charge on any atom is -0.355 e. The molecule has 3 aromatic rings. The number of nitrogens with zero attached hydrogens (tertiary/aromatic N) is 3. The first kappa shape index (κ1) is 20.8. The van der Waals surface area contributed by atoms with E-state index < -0.39 is 10.0 Å². The molecule has 164 valence electrons. The molecule has 32 heavy (non-hydrogen) atoms. The number of fused-ring (bicyclic) bond motifs is 1. The molecule has 2 aliphatic rings. The van der Waals surface area contributed by atoms with E-state index >= 15 is 0 Å². The van der Waals surface area contributed by atoms with Crippen molar-refractivity contribution in [1.82, 2.24) is 9.88 Å². The van der Waals surface area contributed by atoms with E-state index in [1.165, 1.54) is 11.3 Å².